The van der Waals surface area contributed by atoms with Crippen molar-refractivity contribution in [2.45, 2.75) is 0 Å². The molecule has 0 rings (SSSR count). The van der Waals surface area contributed by atoms with E-state index in [-0.39, 0.29) is 0 Å². The molecule has 0 N–H and O–H groups in total. The average molecular weight is 165 g/mol. The SMILES string of the molecule is C=C.[Cl][Ru]. The molecule has 0 amide bonds. The summed E-state index contributed by atoms with van der Waals surface area (Å²) in [6.45, 7) is 6.00. The summed E-state index contributed by atoms with van der Waals surface area (Å²) in [5.74, 6) is 0. The van der Waals surface area contributed by atoms with Crippen molar-refractivity contribution in [2.75, 3.05) is 0 Å². The molecular weight excluding hydrogens is 161 g/mol. The van der Waals surface area contributed by atoms with Gasteiger partial charge >= 0.3 is 27.0 Å². The molecule has 0 spiro atoms. The monoisotopic (exact) mass is 165 g/mol. The fraction of sp³-hybridized carbons (Fsp3) is 0. The van der Waals surface area contributed by atoms with Gasteiger partial charge in [-0.2, -0.15) is 0 Å². The fourth-order valence-electron chi connectivity index (χ4n) is 0. The van der Waals surface area contributed by atoms with Gasteiger partial charge in [-0.15, -0.1) is 13.2 Å². The number of hydrogen-bond donors (Lipinski definition) is 0. The minimum absolute atomic E-state index is 1.82. The van der Waals surface area contributed by atoms with Crippen molar-refractivity contribution in [3.05, 3.63) is 13.2 Å². The van der Waals surface area contributed by atoms with Crippen LogP contribution in [0, 0.1) is 0 Å². The van der Waals surface area contributed by atoms with E-state index in [0.29, 0.717) is 0 Å². The molecule has 0 aromatic heterocycles. The van der Waals surface area contributed by atoms with Gasteiger partial charge in [0.15, 0.2) is 0 Å². The van der Waals surface area contributed by atoms with Crippen LogP contribution < -0.4 is 0 Å². The first-order valence-electron chi connectivity index (χ1n) is 0.634. The van der Waals surface area contributed by atoms with Gasteiger partial charge in [-0.05, 0) is 0 Å². The maximum atomic E-state index is 4.57. The summed E-state index contributed by atoms with van der Waals surface area (Å²) in [6.07, 6.45) is 0. The summed E-state index contributed by atoms with van der Waals surface area (Å²) >= 11 is 1.82. The summed E-state index contributed by atoms with van der Waals surface area (Å²) < 4.78 is 0. The number of halogens is 1. The van der Waals surface area contributed by atoms with Crippen LogP contribution in [0.15, 0.2) is 13.2 Å². The van der Waals surface area contributed by atoms with Gasteiger partial charge in [-0.1, -0.05) is 0 Å². The maximum absolute atomic E-state index is 4.57. The summed E-state index contributed by atoms with van der Waals surface area (Å²) in [7, 11) is 4.57. The molecule has 0 saturated carbocycles. The second-order valence-electron chi connectivity index (χ2n) is 0. The molecule has 0 nitrogen and oxygen atoms in total. The van der Waals surface area contributed by atoms with E-state index in [1.165, 1.54) is 0 Å². The number of rotatable bonds is 0. The van der Waals surface area contributed by atoms with E-state index in [1.54, 1.807) is 0 Å². The Labute approximate surface area is 40.6 Å². The van der Waals surface area contributed by atoms with E-state index >= 15 is 0 Å². The first kappa shape index (κ1) is 8.82. The normalized spacial score (nSPS) is 2.50. The zero-order chi connectivity index (χ0) is 4.00. The Balaban J connectivity index is 0. The molecule has 0 unspecified atom stereocenters. The van der Waals surface area contributed by atoms with E-state index in [4.69, 9.17) is 0 Å². The molecule has 27 valence electrons. The van der Waals surface area contributed by atoms with Crippen molar-refractivity contribution in [1.29, 1.82) is 0 Å². The molecule has 0 aliphatic heterocycles. The van der Waals surface area contributed by atoms with Crippen LogP contribution in [0.2, 0.25) is 0 Å². The van der Waals surface area contributed by atoms with Crippen molar-refractivity contribution >= 4 is 9.69 Å². The third-order valence-electron chi connectivity index (χ3n) is 0. The van der Waals surface area contributed by atoms with Gasteiger partial charge in [0.05, 0.1) is 0 Å². The molecule has 0 heterocycles. The van der Waals surface area contributed by atoms with Crippen molar-refractivity contribution in [2.24, 2.45) is 0 Å². The summed E-state index contributed by atoms with van der Waals surface area (Å²) in [4.78, 5) is 0. The van der Waals surface area contributed by atoms with Crippen LogP contribution in [0.3, 0.4) is 0 Å². The molecule has 0 aromatic rings. The third-order valence-corrected chi connectivity index (χ3v) is 0. The van der Waals surface area contributed by atoms with Crippen molar-refractivity contribution < 1.29 is 17.3 Å². The van der Waals surface area contributed by atoms with Gasteiger partial charge in [0.25, 0.3) is 0 Å². The standard InChI is InChI=1S/C2H4.ClH.Ru/c1-2;;/h1-2H2;1H;/q;;+1/p-1. The molecule has 2 heteroatoms. The van der Waals surface area contributed by atoms with Crippen LogP contribution in [0.1, 0.15) is 0 Å². The van der Waals surface area contributed by atoms with Gasteiger partial charge in [-0.25, -0.2) is 0 Å². The Bertz CT molecular complexity index is 6.00. The van der Waals surface area contributed by atoms with Crippen LogP contribution in [0.5, 0.6) is 0 Å². The molecule has 0 aliphatic rings. The third kappa shape index (κ3) is 17.0. The molecule has 4 heavy (non-hydrogen) atoms. The molecule has 0 atom stereocenters. The van der Waals surface area contributed by atoms with Crippen LogP contribution in [-0.4, -0.2) is 0 Å². The Morgan fingerprint density at radius 3 is 1.25 bits per heavy atom. The van der Waals surface area contributed by atoms with E-state index in [0.717, 1.165) is 0 Å². The van der Waals surface area contributed by atoms with Crippen molar-refractivity contribution in [3.8, 4) is 0 Å². The summed E-state index contributed by atoms with van der Waals surface area (Å²) in [5.41, 5.74) is 0. The fourth-order valence-corrected chi connectivity index (χ4v) is 0. The zero-order valence-electron chi connectivity index (χ0n) is 2.15. The second kappa shape index (κ2) is 60.3. The molecule has 0 fully saturated rings. The van der Waals surface area contributed by atoms with Crippen molar-refractivity contribution in [3.63, 3.8) is 0 Å². The average Bonchev–Trinajstić information content (AvgIpc) is 1.50. The summed E-state index contributed by atoms with van der Waals surface area (Å²) in [5, 5.41) is 0. The molecular formula is C2H4ClRu. The molecule has 0 saturated heterocycles. The predicted molar refractivity (Wildman–Crippen MR) is 17.1 cm³/mol. The van der Waals surface area contributed by atoms with Crippen LogP contribution >= 0.6 is 9.69 Å². The van der Waals surface area contributed by atoms with Crippen LogP contribution in [0.4, 0.5) is 0 Å². The van der Waals surface area contributed by atoms with Gasteiger partial charge in [0.1, 0.15) is 0 Å². The molecule has 0 radical (unpaired) electrons. The Hall–Kier alpha value is 0.653. The van der Waals surface area contributed by atoms with Crippen molar-refractivity contribution in [1.82, 2.24) is 0 Å². The summed E-state index contributed by atoms with van der Waals surface area (Å²) in [6, 6.07) is 0. The van der Waals surface area contributed by atoms with Gasteiger partial charge < -0.3 is 0 Å². The molecule has 0 aromatic carbocycles. The van der Waals surface area contributed by atoms with Crippen LogP contribution in [-0.2, 0) is 17.3 Å². The zero-order valence-corrected chi connectivity index (χ0v) is 4.64. The van der Waals surface area contributed by atoms with E-state index in [1.807, 2.05) is 17.3 Å². The van der Waals surface area contributed by atoms with Gasteiger partial charge in [0, 0.05) is 0 Å². The van der Waals surface area contributed by atoms with Crippen LogP contribution in [0.25, 0.3) is 0 Å². The van der Waals surface area contributed by atoms with Gasteiger partial charge in [-0.3, -0.25) is 0 Å². The topological polar surface area (TPSA) is 0 Å². The Morgan fingerprint density at radius 1 is 1.25 bits per heavy atom. The van der Waals surface area contributed by atoms with E-state index < -0.39 is 0 Å². The number of hydrogen-bond acceptors (Lipinski definition) is 0. The van der Waals surface area contributed by atoms with E-state index in [2.05, 4.69) is 22.8 Å². The quantitative estimate of drug-likeness (QED) is 0.376. The molecule has 0 bridgehead atoms. The van der Waals surface area contributed by atoms with Gasteiger partial charge in [0.2, 0.25) is 0 Å². The van der Waals surface area contributed by atoms with E-state index in [9.17, 15) is 0 Å². The predicted octanol–water partition coefficient (Wildman–Crippen LogP) is 1.49. The molecule has 0 aliphatic carbocycles. The minimum atomic E-state index is 1.82. The first-order valence-corrected chi connectivity index (χ1v) is 2.87. The second-order valence-corrected chi connectivity index (χ2v) is 0. The Kier molecular flexibility index (Phi) is 133. The first-order chi connectivity index (χ1) is 2.00. The Morgan fingerprint density at radius 2 is 1.25 bits per heavy atom.